The number of hydrogen-bond donors (Lipinski definition) is 2. The Bertz CT molecular complexity index is 1430. The van der Waals surface area contributed by atoms with Crippen LogP contribution in [0.2, 0.25) is 0 Å². The molecule has 2 aromatic heterocycles. The first kappa shape index (κ1) is 23.9. The van der Waals surface area contributed by atoms with E-state index in [1.54, 1.807) is 6.07 Å². The van der Waals surface area contributed by atoms with Crippen LogP contribution < -0.4 is 20.7 Å². The molecule has 3 N–H and O–H groups in total. The average molecular weight is 522 g/mol. The lowest BCUT2D eigenvalue weighted by Gasteiger charge is -2.31. The van der Waals surface area contributed by atoms with Crippen LogP contribution in [0.5, 0.6) is 5.75 Å². The van der Waals surface area contributed by atoms with Crippen molar-refractivity contribution >= 4 is 38.8 Å². The van der Waals surface area contributed by atoms with Gasteiger partial charge in [0.1, 0.15) is 39.5 Å². The number of halogens is 1. The second-order valence-corrected chi connectivity index (χ2v) is 11.1. The zero-order valence-electron chi connectivity index (χ0n) is 20.6. The van der Waals surface area contributed by atoms with E-state index in [0.29, 0.717) is 45.5 Å². The molecule has 2 bridgehead atoms. The van der Waals surface area contributed by atoms with E-state index in [4.69, 9.17) is 15.2 Å². The fourth-order valence-electron chi connectivity index (χ4n) is 5.61. The Morgan fingerprint density at radius 2 is 2.16 bits per heavy atom. The van der Waals surface area contributed by atoms with Gasteiger partial charge in [-0.2, -0.15) is 5.26 Å². The number of rotatable bonds is 3. The number of thiophene rings is 1. The highest BCUT2D eigenvalue weighted by Crippen LogP contribution is 2.38. The number of nitrogen functional groups attached to an aromatic ring is 1. The summed E-state index contributed by atoms with van der Waals surface area (Å²) in [6, 6.07) is 7.11. The van der Waals surface area contributed by atoms with E-state index in [0.717, 1.165) is 36.8 Å². The smallest absolute Gasteiger partial charge is 0.263 e. The molecule has 0 saturated carbocycles. The topological polar surface area (TPSA) is 114 Å². The number of anilines is 2. The van der Waals surface area contributed by atoms with Crippen LogP contribution in [0.4, 0.5) is 15.8 Å². The summed E-state index contributed by atoms with van der Waals surface area (Å²) in [4.78, 5) is 20.7. The molecule has 192 valence electrons. The minimum atomic E-state index is -0.580. The fraction of sp³-hybridized carbons (Fsp3) is 0.444. The Labute approximate surface area is 218 Å². The van der Waals surface area contributed by atoms with E-state index < -0.39 is 11.9 Å². The zero-order chi connectivity index (χ0) is 25.7. The summed E-state index contributed by atoms with van der Waals surface area (Å²) in [5.41, 5.74) is 8.34. The van der Waals surface area contributed by atoms with Gasteiger partial charge in [-0.25, -0.2) is 9.37 Å². The van der Waals surface area contributed by atoms with Gasteiger partial charge in [0, 0.05) is 42.2 Å². The lowest BCUT2D eigenvalue weighted by Crippen LogP contribution is -2.43. The van der Waals surface area contributed by atoms with Crippen molar-refractivity contribution in [1.82, 2.24) is 10.3 Å². The molecule has 2 fully saturated rings. The SMILES string of the molecule is Cc1ccc2c(N)c(C(=O)N[C@H]3COc4cc(N5CCC6CCCC(C5)O6)c(C#N)c(F)c4C3)sc2n1. The first-order chi connectivity index (χ1) is 17.9. The van der Waals surface area contributed by atoms with Gasteiger partial charge in [-0.1, -0.05) is 0 Å². The molecule has 2 saturated heterocycles. The Morgan fingerprint density at radius 1 is 1.32 bits per heavy atom. The van der Waals surface area contributed by atoms with E-state index in [9.17, 15) is 10.1 Å². The second-order valence-electron chi connectivity index (χ2n) is 10.1. The second kappa shape index (κ2) is 9.47. The maximum absolute atomic E-state index is 15.7. The number of amides is 1. The van der Waals surface area contributed by atoms with Crippen molar-refractivity contribution in [2.24, 2.45) is 0 Å². The van der Waals surface area contributed by atoms with Crippen molar-refractivity contribution in [2.45, 2.75) is 57.3 Å². The number of nitrogens with two attached hydrogens (primary N) is 1. The number of aromatic nitrogens is 1. The highest BCUT2D eigenvalue weighted by Gasteiger charge is 2.33. The van der Waals surface area contributed by atoms with Crippen molar-refractivity contribution in [3.05, 3.63) is 45.7 Å². The number of hydrogen-bond acceptors (Lipinski definition) is 8. The third-order valence-electron chi connectivity index (χ3n) is 7.51. The van der Waals surface area contributed by atoms with Gasteiger partial charge in [0.15, 0.2) is 0 Å². The number of nitriles is 1. The van der Waals surface area contributed by atoms with Gasteiger partial charge in [-0.3, -0.25) is 4.79 Å². The molecule has 6 rings (SSSR count). The van der Waals surface area contributed by atoms with Gasteiger partial charge >= 0.3 is 0 Å². The van der Waals surface area contributed by atoms with E-state index in [1.807, 2.05) is 19.1 Å². The van der Waals surface area contributed by atoms with E-state index >= 15 is 4.39 Å². The minimum absolute atomic E-state index is 0.0148. The lowest BCUT2D eigenvalue weighted by molar-refractivity contribution is -0.0372. The molecular weight excluding hydrogens is 493 g/mol. The maximum Gasteiger partial charge on any atom is 0.263 e. The summed E-state index contributed by atoms with van der Waals surface area (Å²) in [5, 5.41) is 13.6. The van der Waals surface area contributed by atoms with Crippen LogP contribution in [-0.4, -0.2) is 48.8 Å². The Balaban J connectivity index is 1.23. The van der Waals surface area contributed by atoms with Gasteiger partial charge in [-0.05, 0) is 44.7 Å². The lowest BCUT2D eigenvalue weighted by atomic mass is 9.97. The molecule has 3 aromatic rings. The monoisotopic (exact) mass is 521 g/mol. The van der Waals surface area contributed by atoms with Gasteiger partial charge in [0.2, 0.25) is 0 Å². The van der Waals surface area contributed by atoms with Crippen molar-refractivity contribution in [3.8, 4) is 11.8 Å². The molecular formula is C27H28FN5O3S. The van der Waals surface area contributed by atoms with Crippen LogP contribution in [0.25, 0.3) is 10.2 Å². The maximum atomic E-state index is 15.7. The highest BCUT2D eigenvalue weighted by molar-refractivity contribution is 7.21. The molecule has 2 unspecified atom stereocenters. The summed E-state index contributed by atoms with van der Waals surface area (Å²) >= 11 is 1.23. The molecule has 1 amide bonds. The van der Waals surface area contributed by atoms with Crippen LogP contribution in [0.3, 0.4) is 0 Å². The molecule has 5 heterocycles. The van der Waals surface area contributed by atoms with Gasteiger partial charge in [0.25, 0.3) is 5.91 Å². The van der Waals surface area contributed by atoms with Gasteiger partial charge in [-0.15, -0.1) is 11.3 Å². The number of carbonyl (C=O) groups excluding carboxylic acids is 1. The molecule has 0 spiro atoms. The van der Waals surface area contributed by atoms with E-state index in [2.05, 4.69) is 21.3 Å². The molecule has 3 atom stereocenters. The summed E-state index contributed by atoms with van der Waals surface area (Å²) < 4.78 is 27.8. The fourth-order valence-corrected chi connectivity index (χ4v) is 6.65. The molecule has 1 aromatic carbocycles. The highest BCUT2D eigenvalue weighted by atomic mass is 32.1. The molecule has 0 radical (unpaired) electrons. The summed E-state index contributed by atoms with van der Waals surface area (Å²) in [7, 11) is 0. The van der Waals surface area contributed by atoms with Crippen LogP contribution >= 0.6 is 11.3 Å². The van der Waals surface area contributed by atoms with Crippen molar-refractivity contribution in [2.75, 3.05) is 30.3 Å². The number of ether oxygens (including phenoxy) is 2. The van der Waals surface area contributed by atoms with Crippen LogP contribution in [0, 0.1) is 24.1 Å². The van der Waals surface area contributed by atoms with Crippen LogP contribution in [0.1, 0.15) is 52.2 Å². The summed E-state index contributed by atoms with van der Waals surface area (Å²) in [6.07, 6.45) is 4.54. The summed E-state index contributed by atoms with van der Waals surface area (Å²) in [6.45, 7) is 3.41. The normalized spacial score (nSPS) is 23.1. The van der Waals surface area contributed by atoms with Crippen molar-refractivity contribution < 1.29 is 18.7 Å². The predicted molar refractivity (Wildman–Crippen MR) is 140 cm³/mol. The Morgan fingerprint density at radius 3 is 3.00 bits per heavy atom. The number of carbonyl (C=O) groups is 1. The zero-order valence-corrected chi connectivity index (χ0v) is 21.4. The molecule has 0 aliphatic carbocycles. The first-order valence-electron chi connectivity index (χ1n) is 12.7. The number of pyridine rings is 1. The number of aryl methyl sites for hydroxylation is 1. The van der Waals surface area contributed by atoms with Gasteiger partial charge < -0.3 is 25.4 Å². The molecule has 3 aliphatic rings. The number of nitrogens with one attached hydrogen (secondary N) is 1. The third kappa shape index (κ3) is 4.36. The standard InChI is InChI=1S/C27H28FN5O3S/c1-14-5-6-18-24(30)25(37-27(18)31-14)26(34)32-15-9-19-22(35-13-15)10-21(20(11-29)23(19)28)33-8-7-16-3-2-4-17(12-33)36-16/h5-6,10,15-17H,2-4,7-9,12-13,30H2,1H3,(H,32,34)/t15-,16?,17?/m1/s1. The van der Waals surface area contributed by atoms with E-state index in [1.165, 1.54) is 11.3 Å². The number of nitrogens with zero attached hydrogens (tertiary/aromatic N) is 3. The Hall–Kier alpha value is -3.42. The molecule has 8 nitrogen and oxygen atoms in total. The minimum Gasteiger partial charge on any atom is -0.491 e. The van der Waals surface area contributed by atoms with Gasteiger partial charge in [0.05, 0.1) is 29.6 Å². The van der Waals surface area contributed by atoms with Crippen LogP contribution in [-0.2, 0) is 11.2 Å². The first-order valence-corrected chi connectivity index (χ1v) is 13.5. The largest absolute Gasteiger partial charge is 0.491 e. The quantitative estimate of drug-likeness (QED) is 0.534. The average Bonchev–Trinajstić information content (AvgIpc) is 3.14. The van der Waals surface area contributed by atoms with Crippen LogP contribution in [0.15, 0.2) is 18.2 Å². The van der Waals surface area contributed by atoms with Crippen molar-refractivity contribution in [3.63, 3.8) is 0 Å². The summed E-state index contributed by atoms with van der Waals surface area (Å²) in [5.74, 6) is -0.502. The van der Waals surface area contributed by atoms with E-state index in [-0.39, 0.29) is 36.7 Å². The molecule has 3 aliphatic heterocycles. The molecule has 10 heteroatoms. The number of benzene rings is 1. The predicted octanol–water partition coefficient (Wildman–Crippen LogP) is 4.08. The Kier molecular flexibility index (Phi) is 6.13. The number of fused-ring (bicyclic) bond motifs is 4. The molecule has 37 heavy (non-hydrogen) atoms. The third-order valence-corrected chi connectivity index (χ3v) is 8.62. The van der Waals surface area contributed by atoms with Crippen molar-refractivity contribution in [1.29, 1.82) is 5.26 Å².